The number of amides is 1. The number of ether oxygens (including phenoxy) is 1. The quantitative estimate of drug-likeness (QED) is 0.736. The lowest BCUT2D eigenvalue weighted by molar-refractivity contribution is 0.137. The van der Waals surface area contributed by atoms with Crippen LogP contribution in [0.5, 0.6) is 0 Å². The van der Waals surface area contributed by atoms with Crippen LogP contribution in [0.4, 0.5) is 4.79 Å². The van der Waals surface area contributed by atoms with Crippen molar-refractivity contribution in [3.63, 3.8) is 0 Å². The van der Waals surface area contributed by atoms with Crippen LogP contribution in [0.25, 0.3) is 0 Å². The van der Waals surface area contributed by atoms with Gasteiger partial charge >= 0.3 is 13.7 Å². The van der Waals surface area contributed by atoms with Crippen LogP contribution in [0.2, 0.25) is 0 Å². The molecule has 7 heteroatoms. The third-order valence-electron chi connectivity index (χ3n) is 2.92. The molecule has 2 aromatic carbocycles. The smallest absolute Gasteiger partial charge is 0.408 e. The standard InChI is InChI=1S/C15H16NO5P/c17-15(21-11-12-7-3-1-4-8-12)16-14(22(18,19)20)13-9-5-2-6-10-13/h1-10,14H,11H2,(H,16,17)(H2,18,19,20). The molecule has 0 aliphatic rings. The summed E-state index contributed by atoms with van der Waals surface area (Å²) < 4.78 is 16.5. The Hall–Kier alpha value is -2.14. The number of rotatable bonds is 5. The maximum Gasteiger partial charge on any atom is 0.408 e. The zero-order chi connectivity index (χ0) is 16.0. The van der Waals surface area contributed by atoms with Gasteiger partial charge in [-0.2, -0.15) is 0 Å². The van der Waals surface area contributed by atoms with Gasteiger partial charge in [0.2, 0.25) is 0 Å². The summed E-state index contributed by atoms with van der Waals surface area (Å²) in [5.74, 6) is -1.43. The van der Waals surface area contributed by atoms with Crippen molar-refractivity contribution in [2.24, 2.45) is 0 Å². The predicted octanol–water partition coefficient (Wildman–Crippen LogP) is 2.79. The van der Waals surface area contributed by atoms with Crippen LogP contribution >= 0.6 is 7.60 Å². The minimum Gasteiger partial charge on any atom is -0.445 e. The molecule has 0 spiro atoms. The van der Waals surface area contributed by atoms with Crippen molar-refractivity contribution in [1.29, 1.82) is 0 Å². The number of nitrogens with one attached hydrogen (secondary N) is 1. The van der Waals surface area contributed by atoms with E-state index in [1.54, 1.807) is 42.5 Å². The molecule has 1 atom stereocenters. The molecule has 116 valence electrons. The van der Waals surface area contributed by atoms with Gasteiger partial charge in [0.15, 0.2) is 5.78 Å². The second-order valence-electron chi connectivity index (χ2n) is 4.61. The van der Waals surface area contributed by atoms with Crippen molar-refractivity contribution >= 4 is 13.7 Å². The van der Waals surface area contributed by atoms with Crippen molar-refractivity contribution in [3.8, 4) is 0 Å². The second kappa shape index (κ2) is 7.22. The van der Waals surface area contributed by atoms with E-state index >= 15 is 0 Å². The molecule has 2 aromatic rings. The molecule has 6 nitrogen and oxygen atoms in total. The molecule has 0 aliphatic carbocycles. The Kier molecular flexibility index (Phi) is 5.33. The Balaban J connectivity index is 2.02. The minimum atomic E-state index is -4.56. The van der Waals surface area contributed by atoms with Crippen LogP contribution in [0, 0.1) is 0 Å². The van der Waals surface area contributed by atoms with Crippen LogP contribution in [-0.2, 0) is 15.9 Å². The van der Waals surface area contributed by atoms with Gasteiger partial charge in [0.25, 0.3) is 0 Å². The molecule has 0 aromatic heterocycles. The zero-order valence-corrected chi connectivity index (χ0v) is 12.5. The van der Waals surface area contributed by atoms with Gasteiger partial charge in [0.05, 0.1) is 0 Å². The third-order valence-corrected chi connectivity index (χ3v) is 4.02. The van der Waals surface area contributed by atoms with Gasteiger partial charge in [-0.15, -0.1) is 0 Å². The fourth-order valence-electron chi connectivity index (χ4n) is 1.87. The molecule has 3 N–H and O–H groups in total. The molecule has 2 rings (SSSR count). The lowest BCUT2D eigenvalue weighted by Gasteiger charge is -2.20. The Morgan fingerprint density at radius 2 is 1.59 bits per heavy atom. The van der Waals surface area contributed by atoms with Crippen LogP contribution in [0.1, 0.15) is 16.9 Å². The lowest BCUT2D eigenvalue weighted by Crippen LogP contribution is -2.29. The van der Waals surface area contributed by atoms with E-state index < -0.39 is 19.5 Å². The predicted molar refractivity (Wildman–Crippen MR) is 81.0 cm³/mol. The van der Waals surface area contributed by atoms with Gasteiger partial charge in [-0.05, 0) is 11.1 Å². The number of alkyl carbamates (subject to hydrolysis) is 1. The van der Waals surface area contributed by atoms with Crippen molar-refractivity contribution in [2.45, 2.75) is 12.4 Å². The molecule has 0 saturated heterocycles. The van der Waals surface area contributed by atoms with Gasteiger partial charge in [0.1, 0.15) is 6.61 Å². The van der Waals surface area contributed by atoms with Crippen molar-refractivity contribution < 1.29 is 23.9 Å². The Bertz CT molecular complexity index is 656. The highest BCUT2D eigenvalue weighted by atomic mass is 31.2. The Labute approximate surface area is 127 Å². The van der Waals surface area contributed by atoms with E-state index in [1.165, 1.54) is 12.1 Å². The first kappa shape index (κ1) is 16.2. The fourth-order valence-corrected chi connectivity index (χ4v) is 2.71. The summed E-state index contributed by atoms with van der Waals surface area (Å²) in [5, 5.41) is 2.22. The Morgan fingerprint density at radius 1 is 1.05 bits per heavy atom. The van der Waals surface area contributed by atoms with Crippen molar-refractivity contribution in [2.75, 3.05) is 0 Å². The summed E-state index contributed by atoms with van der Waals surface area (Å²) in [5.41, 5.74) is 1.09. The SMILES string of the molecule is O=C(NC(c1ccccc1)P(=O)(O)O)OCc1ccccc1. The van der Waals surface area contributed by atoms with Crippen molar-refractivity contribution in [3.05, 3.63) is 71.8 Å². The average molecular weight is 321 g/mol. The topological polar surface area (TPSA) is 95.9 Å². The lowest BCUT2D eigenvalue weighted by atomic mass is 10.2. The largest absolute Gasteiger partial charge is 0.445 e. The second-order valence-corrected chi connectivity index (χ2v) is 6.30. The maximum atomic E-state index is 11.8. The van der Waals surface area contributed by atoms with E-state index in [4.69, 9.17) is 4.74 Å². The zero-order valence-electron chi connectivity index (χ0n) is 11.6. The Morgan fingerprint density at radius 3 is 2.14 bits per heavy atom. The third kappa shape index (κ3) is 4.70. The molecule has 1 unspecified atom stereocenters. The minimum absolute atomic E-state index is 0.0232. The first-order valence-corrected chi connectivity index (χ1v) is 8.22. The van der Waals surface area contributed by atoms with Crippen LogP contribution in [0.15, 0.2) is 60.7 Å². The molecule has 0 bridgehead atoms. The first-order valence-electron chi connectivity index (χ1n) is 6.54. The highest BCUT2D eigenvalue weighted by Crippen LogP contribution is 2.49. The summed E-state index contributed by atoms with van der Waals surface area (Å²) in [6, 6.07) is 17.1. The van der Waals surface area contributed by atoms with E-state index in [1.807, 2.05) is 6.07 Å². The van der Waals surface area contributed by atoms with Crippen LogP contribution in [0.3, 0.4) is 0 Å². The van der Waals surface area contributed by atoms with Crippen LogP contribution < -0.4 is 5.32 Å². The number of hydrogen-bond acceptors (Lipinski definition) is 3. The number of carbonyl (C=O) groups is 1. The molecule has 0 radical (unpaired) electrons. The average Bonchev–Trinajstić information content (AvgIpc) is 2.51. The molecule has 0 aliphatic heterocycles. The summed E-state index contributed by atoms with van der Waals surface area (Å²) in [6.45, 7) is 0.0232. The van der Waals surface area contributed by atoms with Crippen molar-refractivity contribution in [1.82, 2.24) is 5.32 Å². The van der Waals surface area contributed by atoms with E-state index in [9.17, 15) is 19.1 Å². The normalized spacial score (nSPS) is 12.5. The first-order chi connectivity index (χ1) is 10.5. The van der Waals surface area contributed by atoms with Gasteiger partial charge in [0, 0.05) is 0 Å². The molecule has 0 fully saturated rings. The molecular formula is C15H16NO5P. The van der Waals surface area contributed by atoms with Gasteiger partial charge in [-0.25, -0.2) is 4.79 Å². The highest BCUT2D eigenvalue weighted by Gasteiger charge is 2.32. The van der Waals surface area contributed by atoms with Gasteiger partial charge in [-0.1, -0.05) is 60.7 Å². The van der Waals surface area contributed by atoms with Gasteiger partial charge < -0.3 is 19.8 Å². The molecular weight excluding hydrogens is 305 g/mol. The molecule has 22 heavy (non-hydrogen) atoms. The summed E-state index contributed by atoms with van der Waals surface area (Å²) >= 11 is 0. The number of benzene rings is 2. The monoisotopic (exact) mass is 321 g/mol. The maximum absolute atomic E-state index is 11.8. The van der Waals surface area contributed by atoms with E-state index in [2.05, 4.69) is 5.32 Å². The van der Waals surface area contributed by atoms with E-state index in [0.717, 1.165) is 5.56 Å². The number of carbonyl (C=O) groups excluding carboxylic acids is 1. The highest BCUT2D eigenvalue weighted by molar-refractivity contribution is 7.52. The molecule has 0 heterocycles. The van der Waals surface area contributed by atoms with Gasteiger partial charge in [-0.3, -0.25) is 4.57 Å². The fraction of sp³-hybridized carbons (Fsp3) is 0.133. The summed E-state index contributed by atoms with van der Waals surface area (Å²) in [4.78, 5) is 30.6. The number of hydrogen-bond donors (Lipinski definition) is 3. The van der Waals surface area contributed by atoms with Crippen LogP contribution in [-0.4, -0.2) is 15.9 Å². The molecule has 0 saturated carbocycles. The molecule has 1 amide bonds. The van der Waals surface area contributed by atoms with E-state index in [0.29, 0.717) is 5.56 Å². The van der Waals surface area contributed by atoms with E-state index in [-0.39, 0.29) is 6.61 Å². The summed E-state index contributed by atoms with van der Waals surface area (Å²) in [7, 11) is -4.56. The summed E-state index contributed by atoms with van der Waals surface area (Å²) in [6.07, 6.45) is -0.888.